The standard InChI is InChI=1S/C17H16N2O3/c1-10-4-3-5-13(8-10)18-17(21)12-6-7-14-15(9-12)22-11(2)16(20)19-14/h3-9,11H,1-2H3,(H,18,21)(H,19,20). The van der Waals surface area contributed by atoms with Gasteiger partial charge in [0.15, 0.2) is 6.10 Å². The van der Waals surface area contributed by atoms with Crippen LogP contribution in [-0.4, -0.2) is 17.9 Å². The van der Waals surface area contributed by atoms with E-state index in [9.17, 15) is 9.59 Å². The number of fused-ring (bicyclic) bond motifs is 1. The van der Waals surface area contributed by atoms with Crippen LogP contribution in [0.15, 0.2) is 42.5 Å². The van der Waals surface area contributed by atoms with E-state index in [-0.39, 0.29) is 11.8 Å². The Morgan fingerprint density at radius 2 is 2.05 bits per heavy atom. The van der Waals surface area contributed by atoms with Crippen LogP contribution in [-0.2, 0) is 4.79 Å². The minimum Gasteiger partial charge on any atom is -0.479 e. The van der Waals surface area contributed by atoms with Gasteiger partial charge < -0.3 is 15.4 Å². The minimum absolute atomic E-state index is 0.190. The largest absolute Gasteiger partial charge is 0.479 e. The number of hydrogen-bond acceptors (Lipinski definition) is 3. The third kappa shape index (κ3) is 2.79. The molecule has 2 aromatic rings. The van der Waals surface area contributed by atoms with Crippen LogP contribution in [0, 0.1) is 6.92 Å². The van der Waals surface area contributed by atoms with Crippen molar-refractivity contribution >= 4 is 23.2 Å². The predicted molar refractivity (Wildman–Crippen MR) is 84.3 cm³/mol. The number of ether oxygens (including phenoxy) is 1. The third-order valence-electron chi connectivity index (χ3n) is 3.45. The van der Waals surface area contributed by atoms with E-state index in [0.717, 1.165) is 11.3 Å². The molecule has 0 spiro atoms. The van der Waals surface area contributed by atoms with Crippen LogP contribution in [0.4, 0.5) is 11.4 Å². The highest BCUT2D eigenvalue weighted by atomic mass is 16.5. The van der Waals surface area contributed by atoms with Crippen molar-refractivity contribution in [2.45, 2.75) is 20.0 Å². The molecule has 22 heavy (non-hydrogen) atoms. The Balaban J connectivity index is 1.82. The maximum absolute atomic E-state index is 12.3. The minimum atomic E-state index is -0.567. The molecule has 112 valence electrons. The molecule has 5 nitrogen and oxygen atoms in total. The van der Waals surface area contributed by atoms with Gasteiger partial charge in [-0.1, -0.05) is 12.1 Å². The van der Waals surface area contributed by atoms with Crippen LogP contribution >= 0.6 is 0 Å². The van der Waals surface area contributed by atoms with E-state index in [1.807, 2.05) is 31.2 Å². The van der Waals surface area contributed by atoms with Crippen molar-refractivity contribution in [3.05, 3.63) is 53.6 Å². The molecule has 1 unspecified atom stereocenters. The molecule has 1 aliphatic rings. The molecule has 2 amide bonds. The van der Waals surface area contributed by atoms with E-state index < -0.39 is 6.10 Å². The summed E-state index contributed by atoms with van der Waals surface area (Å²) < 4.78 is 5.51. The molecule has 0 aromatic heterocycles. The lowest BCUT2D eigenvalue weighted by atomic mass is 10.1. The third-order valence-corrected chi connectivity index (χ3v) is 3.45. The molecule has 0 fully saturated rings. The second-order valence-corrected chi connectivity index (χ2v) is 5.28. The van der Waals surface area contributed by atoms with Crippen molar-refractivity contribution in [1.82, 2.24) is 0 Å². The Kier molecular flexibility index (Phi) is 3.55. The topological polar surface area (TPSA) is 67.4 Å². The highest BCUT2D eigenvalue weighted by Gasteiger charge is 2.24. The van der Waals surface area contributed by atoms with E-state index in [1.54, 1.807) is 25.1 Å². The van der Waals surface area contributed by atoms with Gasteiger partial charge in [-0.05, 0) is 49.7 Å². The SMILES string of the molecule is Cc1cccc(NC(=O)c2ccc3c(c2)OC(C)C(=O)N3)c1. The monoisotopic (exact) mass is 296 g/mol. The summed E-state index contributed by atoms with van der Waals surface area (Å²) in [7, 11) is 0. The van der Waals surface area contributed by atoms with Crippen LogP contribution in [0.3, 0.4) is 0 Å². The van der Waals surface area contributed by atoms with E-state index in [0.29, 0.717) is 17.0 Å². The lowest BCUT2D eigenvalue weighted by Crippen LogP contribution is -2.34. The van der Waals surface area contributed by atoms with Crippen molar-refractivity contribution in [3.63, 3.8) is 0 Å². The molecule has 0 saturated carbocycles. The predicted octanol–water partition coefficient (Wildman–Crippen LogP) is 2.97. The number of carbonyl (C=O) groups is 2. The van der Waals surface area contributed by atoms with Crippen molar-refractivity contribution in [1.29, 1.82) is 0 Å². The zero-order valence-electron chi connectivity index (χ0n) is 12.3. The Bertz CT molecular complexity index is 755. The van der Waals surface area contributed by atoms with Crippen LogP contribution in [0.1, 0.15) is 22.8 Å². The summed E-state index contributed by atoms with van der Waals surface area (Å²) >= 11 is 0. The van der Waals surface area contributed by atoms with Gasteiger partial charge in [-0.3, -0.25) is 9.59 Å². The van der Waals surface area contributed by atoms with Gasteiger partial charge in [0.2, 0.25) is 0 Å². The van der Waals surface area contributed by atoms with Gasteiger partial charge in [-0.15, -0.1) is 0 Å². The zero-order valence-corrected chi connectivity index (χ0v) is 12.3. The molecule has 1 aliphatic heterocycles. The summed E-state index contributed by atoms with van der Waals surface area (Å²) in [5, 5.41) is 5.58. The number of rotatable bonds is 2. The summed E-state index contributed by atoms with van der Waals surface area (Å²) in [5.41, 5.74) is 2.87. The fourth-order valence-electron chi connectivity index (χ4n) is 2.27. The molecule has 0 radical (unpaired) electrons. The van der Waals surface area contributed by atoms with E-state index in [1.165, 1.54) is 0 Å². The van der Waals surface area contributed by atoms with Crippen LogP contribution in [0.5, 0.6) is 5.75 Å². The highest BCUT2D eigenvalue weighted by molar-refractivity contribution is 6.06. The van der Waals surface area contributed by atoms with Crippen molar-refractivity contribution in [3.8, 4) is 5.75 Å². The molecule has 0 aliphatic carbocycles. The number of anilines is 2. The average molecular weight is 296 g/mol. The molecule has 5 heteroatoms. The number of aryl methyl sites for hydroxylation is 1. The molecule has 0 bridgehead atoms. The summed E-state index contributed by atoms with van der Waals surface area (Å²) in [4.78, 5) is 23.8. The Labute approximate surface area is 128 Å². The first-order chi connectivity index (χ1) is 10.5. The van der Waals surface area contributed by atoms with Crippen molar-refractivity contribution in [2.75, 3.05) is 10.6 Å². The fourth-order valence-corrected chi connectivity index (χ4v) is 2.27. The van der Waals surface area contributed by atoms with E-state index in [4.69, 9.17) is 4.74 Å². The van der Waals surface area contributed by atoms with Gasteiger partial charge in [-0.25, -0.2) is 0 Å². The lowest BCUT2D eigenvalue weighted by molar-refractivity contribution is -0.122. The summed E-state index contributed by atoms with van der Waals surface area (Å²) in [6.07, 6.45) is -0.567. The molecule has 2 N–H and O–H groups in total. The first-order valence-electron chi connectivity index (χ1n) is 7.02. The Hall–Kier alpha value is -2.82. The van der Waals surface area contributed by atoms with Crippen molar-refractivity contribution < 1.29 is 14.3 Å². The second-order valence-electron chi connectivity index (χ2n) is 5.28. The first kappa shape index (κ1) is 14.1. The van der Waals surface area contributed by atoms with E-state index in [2.05, 4.69) is 10.6 Å². The molecule has 3 rings (SSSR count). The van der Waals surface area contributed by atoms with Crippen LogP contribution in [0.25, 0.3) is 0 Å². The maximum Gasteiger partial charge on any atom is 0.265 e. The number of amides is 2. The van der Waals surface area contributed by atoms with Gasteiger partial charge in [0.1, 0.15) is 5.75 Å². The molecule has 2 aromatic carbocycles. The zero-order chi connectivity index (χ0) is 15.7. The van der Waals surface area contributed by atoms with Gasteiger partial charge in [0.25, 0.3) is 11.8 Å². The number of nitrogens with one attached hydrogen (secondary N) is 2. The Morgan fingerprint density at radius 1 is 1.23 bits per heavy atom. The molecule has 1 atom stereocenters. The smallest absolute Gasteiger partial charge is 0.265 e. The van der Waals surface area contributed by atoms with Gasteiger partial charge in [-0.2, -0.15) is 0 Å². The number of benzene rings is 2. The van der Waals surface area contributed by atoms with Gasteiger partial charge in [0, 0.05) is 11.3 Å². The summed E-state index contributed by atoms with van der Waals surface area (Å²) in [6.45, 7) is 3.63. The molecular weight excluding hydrogens is 280 g/mol. The molecule has 1 heterocycles. The van der Waals surface area contributed by atoms with E-state index >= 15 is 0 Å². The lowest BCUT2D eigenvalue weighted by Gasteiger charge is -2.23. The number of hydrogen-bond donors (Lipinski definition) is 2. The second kappa shape index (κ2) is 5.52. The highest BCUT2D eigenvalue weighted by Crippen LogP contribution is 2.30. The first-order valence-corrected chi connectivity index (χ1v) is 7.02. The average Bonchev–Trinajstić information content (AvgIpc) is 2.48. The van der Waals surface area contributed by atoms with Gasteiger partial charge >= 0.3 is 0 Å². The normalized spacial score (nSPS) is 16.3. The summed E-state index contributed by atoms with van der Waals surface area (Å²) in [6, 6.07) is 12.5. The maximum atomic E-state index is 12.3. The van der Waals surface area contributed by atoms with Crippen molar-refractivity contribution in [2.24, 2.45) is 0 Å². The molecular formula is C17H16N2O3. The van der Waals surface area contributed by atoms with Crippen LogP contribution < -0.4 is 15.4 Å². The number of carbonyl (C=O) groups excluding carboxylic acids is 2. The Morgan fingerprint density at radius 3 is 2.82 bits per heavy atom. The van der Waals surface area contributed by atoms with Crippen LogP contribution in [0.2, 0.25) is 0 Å². The van der Waals surface area contributed by atoms with Gasteiger partial charge in [0.05, 0.1) is 5.69 Å². The summed E-state index contributed by atoms with van der Waals surface area (Å²) in [5.74, 6) is 0.0926. The molecule has 0 saturated heterocycles. The fraction of sp³-hybridized carbons (Fsp3) is 0.176. The quantitative estimate of drug-likeness (QED) is 0.895.